The predicted octanol–water partition coefficient (Wildman–Crippen LogP) is 3.22. The van der Waals surface area contributed by atoms with Crippen molar-refractivity contribution in [1.29, 1.82) is 0 Å². The minimum atomic E-state index is -0.882. The van der Waals surface area contributed by atoms with E-state index in [4.69, 9.17) is 9.47 Å². The molecule has 0 bridgehead atoms. The van der Waals surface area contributed by atoms with Gasteiger partial charge in [-0.2, -0.15) is 4.57 Å². The number of ether oxygens (including phenoxy) is 2. The van der Waals surface area contributed by atoms with Gasteiger partial charge < -0.3 is 14.3 Å². The van der Waals surface area contributed by atoms with E-state index in [2.05, 4.69) is 4.84 Å². The van der Waals surface area contributed by atoms with Crippen LogP contribution in [0.2, 0.25) is 0 Å². The average molecular weight is 395 g/mol. The molecule has 154 valence electrons. The quantitative estimate of drug-likeness (QED) is 0.149. The third-order valence-corrected chi connectivity index (χ3v) is 4.85. The van der Waals surface area contributed by atoms with Crippen LogP contribution in [0.25, 0.3) is 0 Å². The van der Waals surface area contributed by atoms with Crippen molar-refractivity contribution in [2.24, 2.45) is 5.92 Å². The van der Waals surface area contributed by atoms with Crippen LogP contribution in [-0.4, -0.2) is 29.7 Å². The van der Waals surface area contributed by atoms with Crippen LogP contribution < -0.4 is 4.57 Å². The highest BCUT2D eigenvalue weighted by atomic mass is 16.9. The van der Waals surface area contributed by atoms with Gasteiger partial charge in [0.2, 0.25) is 0 Å². The molecule has 1 atom stereocenters. The van der Waals surface area contributed by atoms with Gasteiger partial charge in [-0.05, 0) is 38.2 Å². The fraction of sp³-hybridized carbons (Fsp3) is 0.632. The standard InChI is InChI=1S/C19H27N2O7/c1-15(16-7-3-2-4-8-16)28-19(23)26-14-20-11-5-9-17(13-20)18(22)10-6-12-27-21(24)25/h5,9,11,13,15-16H,2-4,6-8,10,12,14H2,1H3/q+1/t15-/m0/s1. The fourth-order valence-electron chi connectivity index (χ4n) is 3.30. The van der Waals surface area contributed by atoms with Crippen LogP contribution in [0.1, 0.15) is 62.2 Å². The molecule has 2 rings (SSSR count). The first-order valence-corrected chi connectivity index (χ1v) is 9.58. The Morgan fingerprint density at radius 3 is 2.79 bits per heavy atom. The Morgan fingerprint density at radius 1 is 1.32 bits per heavy atom. The molecule has 9 heteroatoms. The van der Waals surface area contributed by atoms with Crippen LogP contribution in [0.5, 0.6) is 0 Å². The molecule has 1 aliphatic rings. The highest BCUT2D eigenvalue weighted by Gasteiger charge is 2.24. The molecule has 1 aliphatic carbocycles. The number of rotatable bonds is 10. The summed E-state index contributed by atoms with van der Waals surface area (Å²) < 4.78 is 12.1. The highest BCUT2D eigenvalue weighted by molar-refractivity contribution is 5.95. The Hall–Kier alpha value is -2.71. The maximum atomic E-state index is 12.1. The van der Waals surface area contributed by atoms with Crippen molar-refractivity contribution < 1.29 is 33.6 Å². The molecule has 0 unspecified atom stereocenters. The second kappa shape index (κ2) is 11.2. The molecule has 1 saturated carbocycles. The number of nitrogens with zero attached hydrogens (tertiary/aromatic N) is 2. The van der Waals surface area contributed by atoms with E-state index in [1.807, 2.05) is 6.92 Å². The lowest BCUT2D eigenvalue weighted by atomic mass is 9.86. The molecule has 0 N–H and O–H groups in total. The molecule has 1 aromatic heterocycles. The van der Waals surface area contributed by atoms with E-state index in [9.17, 15) is 19.7 Å². The van der Waals surface area contributed by atoms with Gasteiger partial charge >= 0.3 is 6.16 Å². The summed E-state index contributed by atoms with van der Waals surface area (Å²) in [5, 5.41) is 9.20. The van der Waals surface area contributed by atoms with Gasteiger partial charge in [0.05, 0.1) is 12.2 Å². The monoisotopic (exact) mass is 395 g/mol. The number of ketones is 1. The molecule has 1 fully saturated rings. The summed E-state index contributed by atoms with van der Waals surface area (Å²) in [5.74, 6) is 0.212. The van der Waals surface area contributed by atoms with Gasteiger partial charge in [-0.15, -0.1) is 10.1 Å². The van der Waals surface area contributed by atoms with Crippen molar-refractivity contribution in [3.63, 3.8) is 0 Å². The van der Waals surface area contributed by atoms with Gasteiger partial charge in [-0.25, -0.2) is 4.79 Å². The van der Waals surface area contributed by atoms with Crippen LogP contribution in [0, 0.1) is 16.0 Å². The summed E-state index contributed by atoms with van der Waals surface area (Å²) >= 11 is 0. The maximum absolute atomic E-state index is 12.1. The third-order valence-electron chi connectivity index (χ3n) is 4.85. The van der Waals surface area contributed by atoms with E-state index in [1.165, 1.54) is 19.3 Å². The number of carbonyl (C=O) groups is 2. The van der Waals surface area contributed by atoms with Crippen LogP contribution in [0.15, 0.2) is 24.5 Å². The number of pyridine rings is 1. The first-order valence-electron chi connectivity index (χ1n) is 9.58. The van der Waals surface area contributed by atoms with E-state index >= 15 is 0 Å². The van der Waals surface area contributed by atoms with Crippen LogP contribution in [-0.2, 0) is 21.0 Å². The third kappa shape index (κ3) is 7.50. The summed E-state index contributed by atoms with van der Waals surface area (Å²) in [7, 11) is 0. The summed E-state index contributed by atoms with van der Waals surface area (Å²) in [5.41, 5.74) is 0.427. The zero-order valence-corrected chi connectivity index (χ0v) is 16.1. The minimum absolute atomic E-state index is 0.0677. The molecule has 9 nitrogen and oxygen atoms in total. The molecule has 0 aromatic carbocycles. The Morgan fingerprint density at radius 2 is 2.07 bits per heavy atom. The SMILES string of the molecule is C[C@H](OC(=O)OC[n+]1cccc(C(=O)CCCO[N+](=O)[O-])c1)C1CCCCC1. The topological polar surface area (TPSA) is 109 Å². The van der Waals surface area contributed by atoms with Gasteiger partial charge in [0, 0.05) is 12.5 Å². The van der Waals surface area contributed by atoms with E-state index in [0.29, 0.717) is 11.5 Å². The predicted molar refractivity (Wildman–Crippen MR) is 96.8 cm³/mol. The van der Waals surface area contributed by atoms with Gasteiger partial charge in [0.15, 0.2) is 18.2 Å². The van der Waals surface area contributed by atoms with Crippen LogP contribution >= 0.6 is 0 Å². The highest BCUT2D eigenvalue weighted by Crippen LogP contribution is 2.27. The molecule has 0 radical (unpaired) electrons. The second-order valence-corrected chi connectivity index (χ2v) is 6.93. The van der Waals surface area contributed by atoms with Crippen molar-refractivity contribution in [3.8, 4) is 0 Å². The lowest BCUT2D eigenvalue weighted by Gasteiger charge is -2.26. The molecule has 0 spiro atoms. The molecular formula is C19H27N2O7+. The normalized spacial score (nSPS) is 15.5. The van der Waals surface area contributed by atoms with Crippen LogP contribution in [0.4, 0.5) is 4.79 Å². The Balaban J connectivity index is 1.76. The largest absolute Gasteiger partial charge is 0.513 e. The second-order valence-electron chi connectivity index (χ2n) is 6.93. The van der Waals surface area contributed by atoms with Crippen molar-refractivity contribution >= 4 is 11.9 Å². The van der Waals surface area contributed by atoms with Crippen molar-refractivity contribution in [3.05, 3.63) is 40.2 Å². The van der Waals surface area contributed by atoms with Gasteiger partial charge in [0.1, 0.15) is 6.10 Å². The molecule has 0 aliphatic heterocycles. The zero-order valence-electron chi connectivity index (χ0n) is 16.1. The zero-order chi connectivity index (χ0) is 20.4. The van der Waals surface area contributed by atoms with E-state index in [-0.39, 0.29) is 38.1 Å². The summed E-state index contributed by atoms with van der Waals surface area (Å²) in [4.78, 5) is 38.3. The van der Waals surface area contributed by atoms with Crippen molar-refractivity contribution in [2.75, 3.05) is 6.61 Å². The van der Waals surface area contributed by atoms with Crippen LogP contribution in [0.3, 0.4) is 0 Å². The molecule has 0 amide bonds. The van der Waals surface area contributed by atoms with Crippen molar-refractivity contribution in [2.45, 2.75) is 64.7 Å². The van der Waals surface area contributed by atoms with Crippen molar-refractivity contribution in [1.82, 2.24) is 0 Å². The number of hydrogen-bond acceptors (Lipinski definition) is 7. The number of Topliss-reactive ketones (excluding diaryl/α,β-unsaturated/α-hetero) is 1. The lowest BCUT2D eigenvalue weighted by molar-refractivity contribution is -0.757. The van der Waals surface area contributed by atoms with E-state index < -0.39 is 11.2 Å². The average Bonchev–Trinajstić information content (AvgIpc) is 2.70. The van der Waals surface area contributed by atoms with Gasteiger partial charge in [-0.3, -0.25) is 4.79 Å². The molecule has 1 heterocycles. The first kappa shape index (κ1) is 21.6. The Kier molecular flexibility index (Phi) is 8.64. The number of hydrogen-bond donors (Lipinski definition) is 0. The molecule has 0 saturated heterocycles. The van der Waals surface area contributed by atoms with Gasteiger partial charge in [-0.1, -0.05) is 19.3 Å². The first-order chi connectivity index (χ1) is 13.5. The minimum Gasteiger partial charge on any atom is -0.431 e. The molecular weight excluding hydrogens is 368 g/mol. The smallest absolute Gasteiger partial charge is 0.431 e. The summed E-state index contributed by atoms with van der Waals surface area (Å²) in [6, 6.07) is 3.30. The Labute approximate surface area is 163 Å². The number of aromatic nitrogens is 1. The van der Waals surface area contributed by atoms with Gasteiger partial charge in [0.25, 0.3) is 11.8 Å². The molecule has 28 heavy (non-hydrogen) atoms. The summed E-state index contributed by atoms with van der Waals surface area (Å²) in [6.45, 7) is 1.70. The maximum Gasteiger partial charge on any atom is 0.513 e. The van der Waals surface area contributed by atoms with E-state index in [1.54, 1.807) is 29.1 Å². The fourth-order valence-corrected chi connectivity index (χ4v) is 3.30. The Bertz CT molecular complexity index is 674. The summed E-state index contributed by atoms with van der Waals surface area (Å²) in [6.07, 6.45) is 8.42. The lowest BCUT2D eigenvalue weighted by Crippen LogP contribution is -2.37. The number of carbonyl (C=O) groups excluding carboxylic acids is 2. The van der Waals surface area contributed by atoms with E-state index in [0.717, 1.165) is 12.8 Å². The molecule has 1 aromatic rings.